The lowest BCUT2D eigenvalue weighted by Crippen LogP contribution is -2.44. The van der Waals surface area contributed by atoms with Crippen LogP contribution >= 0.6 is 11.6 Å². The van der Waals surface area contributed by atoms with Gasteiger partial charge < -0.3 is 23.9 Å². The molecule has 3 aliphatic rings. The van der Waals surface area contributed by atoms with Gasteiger partial charge in [-0.05, 0) is 86.3 Å². The molecule has 11 nitrogen and oxygen atoms in total. The third-order valence-electron chi connectivity index (χ3n) is 11.0. The number of carboxylic acid groups (broad SMARTS) is 1. The molecule has 1 N–H and O–H groups in total. The van der Waals surface area contributed by atoms with Crippen molar-refractivity contribution in [1.82, 2.24) is 19.8 Å². The highest BCUT2D eigenvalue weighted by molar-refractivity contribution is 6.32. The van der Waals surface area contributed by atoms with Crippen molar-refractivity contribution in [1.29, 1.82) is 5.26 Å². The van der Waals surface area contributed by atoms with Gasteiger partial charge in [-0.2, -0.15) is 10.2 Å². The Morgan fingerprint density at radius 3 is 2.70 bits per heavy atom. The number of pyridine rings is 1. The number of nitrogens with zero attached hydrogens (tertiary/aromatic N) is 6. The first kappa shape index (κ1) is 34.9. The molecule has 272 valence electrons. The molecule has 5 aromatic rings. The Kier molecular flexibility index (Phi) is 9.68. The molecule has 12 heteroatoms. The lowest BCUT2D eigenvalue weighted by molar-refractivity contribution is -0.144. The summed E-state index contributed by atoms with van der Waals surface area (Å²) in [4.78, 5) is 27.8. The van der Waals surface area contributed by atoms with Gasteiger partial charge in [-0.25, -0.2) is 0 Å². The van der Waals surface area contributed by atoms with Crippen LogP contribution in [0.25, 0.3) is 22.2 Å². The van der Waals surface area contributed by atoms with E-state index in [1.807, 2.05) is 23.1 Å². The molecule has 3 saturated heterocycles. The first-order valence-electron chi connectivity index (χ1n) is 18.1. The molecule has 8 rings (SSSR count). The van der Waals surface area contributed by atoms with E-state index in [-0.39, 0.29) is 13.2 Å². The van der Waals surface area contributed by atoms with Gasteiger partial charge in [0.25, 0.3) is 6.01 Å². The largest absolute Gasteiger partial charge is 0.488 e. The second-order valence-corrected chi connectivity index (χ2v) is 14.8. The maximum absolute atomic E-state index is 12.1. The summed E-state index contributed by atoms with van der Waals surface area (Å²) in [5, 5.41) is 19.7. The molecule has 0 aliphatic carbocycles. The molecule has 53 heavy (non-hydrogen) atoms. The Morgan fingerprint density at radius 1 is 1.04 bits per heavy atom. The van der Waals surface area contributed by atoms with Gasteiger partial charge in [-0.1, -0.05) is 42.3 Å². The molecule has 0 spiro atoms. The maximum Gasteiger partial charge on any atom is 0.320 e. The van der Waals surface area contributed by atoms with Gasteiger partial charge in [0, 0.05) is 61.3 Å². The zero-order chi connectivity index (χ0) is 36.6. The molecular formula is C41H41ClN6O5. The van der Waals surface area contributed by atoms with Gasteiger partial charge in [0.15, 0.2) is 5.58 Å². The number of rotatable bonds is 11. The normalized spacial score (nSPS) is 20.2. The topological polar surface area (TPSA) is 128 Å². The van der Waals surface area contributed by atoms with Gasteiger partial charge >= 0.3 is 5.97 Å². The van der Waals surface area contributed by atoms with Crippen LogP contribution < -0.4 is 14.4 Å². The molecule has 3 aliphatic heterocycles. The zero-order valence-electron chi connectivity index (χ0n) is 29.8. The van der Waals surface area contributed by atoms with Crippen molar-refractivity contribution >= 4 is 34.7 Å². The van der Waals surface area contributed by atoms with Gasteiger partial charge in [0.2, 0.25) is 0 Å². The molecule has 2 bridgehead atoms. The number of anilines is 1. The van der Waals surface area contributed by atoms with Gasteiger partial charge in [-0.3, -0.25) is 19.6 Å². The van der Waals surface area contributed by atoms with E-state index in [4.69, 9.17) is 30.5 Å². The number of aromatic nitrogens is 2. The summed E-state index contributed by atoms with van der Waals surface area (Å²) < 4.78 is 18.9. The number of aliphatic carboxylic acids is 1. The molecule has 0 radical (unpaired) electrons. The Morgan fingerprint density at radius 2 is 1.91 bits per heavy atom. The molecular weight excluding hydrogens is 692 g/mol. The Labute approximate surface area is 313 Å². The van der Waals surface area contributed by atoms with Crippen molar-refractivity contribution < 1.29 is 23.8 Å². The van der Waals surface area contributed by atoms with Crippen molar-refractivity contribution in [2.75, 3.05) is 31.6 Å². The van der Waals surface area contributed by atoms with Crippen LogP contribution in [0, 0.1) is 18.3 Å². The standard InChI is InChI=1S/C41H41ClN6O5/c1-25-29(6-5-7-33(25)28-9-10-37-35(14-28)45-41(53-37)48-22-31-15-32(48)21-46(31)2)24-52-39-16-38(51-23-27-12-26(17-43)18-44-19-27)30(13-34(39)42)20-47-11-4-3-8-36(47)40(49)50/h5-7,9-10,12-14,16,18-19,31-32,36H,3-4,8,11,15,20-24H2,1-2H3,(H,49,50)/t31-,32-,36?/m0/s1. The lowest BCUT2D eigenvalue weighted by atomic mass is 9.96. The van der Waals surface area contributed by atoms with Gasteiger partial charge in [-0.15, -0.1) is 0 Å². The number of likely N-dealkylation sites (tertiary alicyclic amines) is 2. The summed E-state index contributed by atoms with van der Waals surface area (Å²) in [6.07, 6.45) is 6.70. The summed E-state index contributed by atoms with van der Waals surface area (Å²) in [6.45, 7) is 5.52. The molecule has 2 aromatic heterocycles. The molecule has 5 heterocycles. The van der Waals surface area contributed by atoms with Gasteiger partial charge in [0.05, 0.1) is 10.6 Å². The smallest absolute Gasteiger partial charge is 0.320 e. The highest BCUT2D eigenvalue weighted by Crippen LogP contribution is 2.38. The van der Waals surface area contributed by atoms with Crippen LogP contribution in [0.15, 0.2) is 71.4 Å². The monoisotopic (exact) mass is 732 g/mol. The van der Waals surface area contributed by atoms with Crippen LogP contribution in [0.1, 0.15) is 53.5 Å². The summed E-state index contributed by atoms with van der Waals surface area (Å²) in [5.41, 5.74) is 7.75. The Balaban J connectivity index is 1.02. The number of carbonyl (C=O) groups is 1. The van der Waals surface area contributed by atoms with Crippen LogP contribution in [0.2, 0.25) is 5.02 Å². The number of fused-ring (bicyclic) bond motifs is 3. The van der Waals surface area contributed by atoms with Crippen molar-refractivity contribution in [2.24, 2.45) is 0 Å². The van der Waals surface area contributed by atoms with Gasteiger partial charge in [0.1, 0.15) is 42.3 Å². The first-order chi connectivity index (χ1) is 25.7. The van der Waals surface area contributed by atoms with E-state index < -0.39 is 12.0 Å². The summed E-state index contributed by atoms with van der Waals surface area (Å²) in [5.74, 6) is 0.148. The quantitative estimate of drug-likeness (QED) is 0.148. The summed E-state index contributed by atoms with van der Waals surface area (Å²) in [6, 6.07) is 20.9. The number of carboxylic acids is 1. The number of hydrogen-bond acceptors (Lipinski definition) is 10. The number of piperidine rings is 1. The molecule has 0 saturated carbocycles. The molecule has 0 amide bonds. The minimum Gasteiger partial charge on any atom is -0.488 e. The third-order valence-corrected chi connectivity index (χ3v) is 11.3. The number of benzene rings is 3. The highest BCUT2D eigenvalue weighted by atomic mass is 35.5. The van der Waals surface area contributed by atoms with Crippen LogP contribution in [-0.4, -0.2) is 75.7 Å². The SMILES string of the molecule is Cc1c(COc2cc(OCc3cncc(C#N)c3)c(CN3CCCCC3C(=O)O)cc2Cl)cccc1-c1ccc2oc(N3C[C@@H]4C[C@H]3CN4C)nc2c1. The fourth-order valence-corrected chi connectivity index (χ4v) is 8.27. The van der Waals surface area contributed by atoms with Crippen molar-refractivity contribution in [3.05, 3.63) is 99.8 Å². The predicted octanol–water partition coefficient (Wildman–Crippen LogP) is 7.21. The van der Waals surface area contributed by atoms with E-state index in [0.717, 1.165) is 76.8 Å². The van der Waals surface area contributed by atoms with Crippen molar-refractivity contribution in [3.8, 4) is 28.7 Å². The number of ether oxygens (including phenoxy) is 2. The predicted molar refractivity (Wildman–Crippen MR) is 201 cm³/mol. The van der Waals surface area contributed by atoms with Crippen molar-refractivity contribution in [3.63, 3.8) is 0 Å². The maximum atomic E-state index is 12.1. The van der Waals surface area contributed by atoms with Crippen molar-refractivity contribution in [2.45, 2.75) is 70.5 Å². The van der Waals surface area contributed by atoms with Crippen LogP contribution in [0.5, 0.6) is 11.5 Å². The zero-order valence-corrected chi connectivity index (χ0v) is 30.6. The van der Waals surface area contributed by atoms with Crippen LogP contribution in [0.3, 0.4) is 0 Å². The van der Waals surface area contributed by atoms with E-state index in [1.54, 1.807) is 24.4 Å². The number of nitriles is 1. The van der Waals surface area contributed by atoms with E-state index >= 15 is 0 Å². The highest BCUT2D eigenvalue weighted by Gasteiger charge is 2.43. The fraction of sp³-hybridized carbons (Fsp3) is 0.366. The minimum atomic E-state index is -0.831. The van der Waals surface area contributed by atoms with E-state index in [0.29, 0.717) is 59.7 Å². The van der Waals surface area contributed by atoms with Crippen LogP contribution in [-0.2, 0) is 24.6 Å². The minimum absolute atomic E-state index is 0.161. The average molecular weight is 733 g/mol. The average Bonchev–Trinajstić information content (AvgIpc) is 3.88. The summed E-state index contributed by atoms with van der Waals surface area (Å²) in [7, 11) is 2.19. The molecule has 1 unspecified atom stereocenters. The molecule has 3 fully saturated rings. The Hall–Kier alpha value is -5.15. The lowest BCUT2D eigenvalue weighted by Gasteiger charge is -2.33. The number of hydrogen-bond donors (Lipinski definition) is 1. The number of likely N-dealkylation sites (N-methyl/N-ethyl adjacent to an activating group) is 1. The molecule has 3 aromatic carbocycles. The van der Waals surface area contributed by atoms with Crippen LogP contribution in [0.4, 0.5) is 6.01 Å². The number of piperazine rings is 1. The second kappa shape index (κ2) is 14.7. The number of halogens is 1. The summed E-state index contributed by atoms with van der Waals surface area (Å²) >= 11 is 6.86. The molecule has 3 atom stereocenters. The third kappa shape index (κ3) is 7.14. The second-order valence-electron chi connectivity index (χ2n) is 14.4. The van der Waals surface area contributed by atoms with E-state index in [9.17, 15) is 15.2 Å². The Bertz CT molecular complexity index is 2220. The first-order valence-corrected chi connectivity index (χ1v) is 18.5. The number of oxazole rings is 1. The fourth-order valence-electron chi connectivity index (χ4n) is 8.03. The van der Waals surface area contributed by atoms with E-state index in [2.05, 4.69) is 53.0 Å². The van der Waals surface area contributed by atoms with E-state index in [1.165, 1.54) is 6.20 Å².